The summed E-state index contributed by atoms with van der Waals surface area (Å²) in [5.41, 5.74) is 3.09. The summed E-state index contributed by atoms with van der Waals surface area (Å²) >= 11 is 12.7. The van der Waals surface area contributed by atoms with Crippen LogP contribution in [0.5, 0.6) is 17.2 Å². The summed E-state index contributed by atoms with van der Waals surface area (Å²) in [6.07, 6.45) is 2.36. The molecule has 2 aliphatic rings. The van der Waals surface area contributed by atoms with Gasteiger partial charge in [0.1, 0.15) is 12.4 Å². The van der Waals surface area contributed by atoms with Crippen molar-refractivity contribution < 1.29 is 19.0 Å². The van der Waals surface area contributed by atoms with Crippen LogP contribution >= 0.6 is 23.2 Å². The number of carbonyl (C=O) groups excluding carboxylic acids is 1. The van der Waals surface area contributed by atoms with Crippen molar-refractivity contribution >= 4 is 34.9 Å². The molecule has 0 spiro atoms. The van der Waals surface area contributed by atoms with Gasteiger partial charge in [0.05, 0.1) is 21.3 Å². The van der Waals surface area contributed by atoms with Gasteiger partial charge in [-0.25, -0.2) is 4.68 Å². The summed E-state index contributed by atoms with van der Waals surface area (Å²) in [7, 11) is 4.71. The smallest absolute Gasteiger partial charge is 0.226 e. The molecule has 0 radical (unpaired) electrons. The number of anilines is 1. The van der Waals surface area contributed by atoms with Crippen LogP contribution in [-0.2, 0) is 4.79 Å². The number of Topliss-reactive ketones (excluding diaryl/α,β-unsaturated/α-hetero) is 1. The van der Waals surface area contributed by atoms with Gasteiger partial charge in [0.25, 0.3) is 0 Å². The lowest BCUT2D eigenvalue weighted by molar-refractivity contribution is -0.116. The fraction of sp³-hybridized carbons (Fsp3) is 0.292. The fourth-order valence-electron chi connectivity index (χ4n) is 4.74. The minimum atomic E-state index is -0.494. The highest BCUT2D eigenvalue weighted by Crippen LogP contribution is 2.47. The molecular formula is C24H22Cl2N4O4. The molecule has 2 aromatic carbocycles. The molecule has 1 aromatic heterocycles. The molecule has 1 N–H and O–H groups in total. The van der Waals surface area contributed by atoms with Gasteiger partial charge in [-0.1, -0.05) is 29.3 Å². The van der Waals surface area contributed by atoms with Gasteiger partial charge < -0.3 is 19.5 Å². The van der Waals surface area contributed by atoms with Gasteiger partial charge in [-0.3, -0.25) is 4.79 Å². The summed E-state index contributed by atoms with van der Waals surface area (Å²) in [6, 6.07) is 8.55. The Bertz CT molecular complexity index is 1300. The number of ketones is 1. The Hall–Kier alpha value is -3.23. The Morgan fingerprint density at radius 1 is 1.03 bits per heavy atom. The zero-order valence-corrected chi connectivity index (χ0v) is 20.3. The number of rotatable bonds is 5. The van der Waals surface area contributed by atoms with Crippen molar-refractivity contribution in [2.45, 2.75) is 24.8 Å². The number of aromatic nitrogens is 3. The number of hydrogen-bond acceptors (Lipinski definition) is 7. The summed E-state index contributed by atoms with van der Waals surface area (Å²) in [5, 5.41) is 8.66. The number of allylic oxidation sites excluding steroid dienone is 2. The first kappa shape index (κ1) is 22.6. The molecule has 0 amide bonds. The highest BCUT2D eigenvalue weighted by Gasteiger charge is 2.40. The molecule has 1 aliphatic carbocycles. The fourth-order valence-corrected chi connectivity index (χ4v) is 5.25. The topological polar surface area (TPSA) is 87.5 Å². The van der Waals surface area contributed by atoms with E-state index in [4.69, 9.17) is 37.4 Å². The van der Waals surface area contributed by atoms with Crippen LogP contribution in [-0.4, -0.2) is 41.9 Å². The van der Waals surface area contributed by atoms with Crippen molar-refractivity contribution in [3.63, 3.8) is 0 Å². The Kier molecular flexibility index (Phi) is 5.87. The second kappa shape index (κ2) is 8.85. The van der Waals surface area contributed by atoms with E-state index in [-0.39, 0.29) is 11.7 Å². The van der Waals surface area contributed by atoms with Crippen molar-refractivity contribution in [1.82, 2.24) is 14.8 Å². The molecule has 0 bridgehead atoms. The minimum Gasteiger partial charge on any atom is -0.493 e. The Labute approximate surface area is 206 Å². The number of halogens is 2. The maximum atomic E-state index is 13.6. The van der Waals surface area contributed by atoms with E-state index in [1.807, 2.05) is 18.2 Å². The van der Waals surface area contributed by atoms with Gasteiger partial charge in [-0.2, -0.15) is 10.1 Å². The standard InChI is InChI=1S/C24H22Cl2N4O4/c1-32-19-8-13(9-20(33-2)23(19)34-3)12-6-17-21(18(31)7-12)22(30-24(29-17)27-11-28-30)15-5-4-14(25)10-16(15)26/h4-5,8-12,22H,6-7H2,1-3H3,(H,27,28,29)/t12-,22+/m1/s1. The molecule has 5 rings (SSSR count). The third kappa shape index (κ3) is 3.67. The van der Waals surface area contributed by atoms with E-state index in [0.717, 1.165) is 16.8 Å². The third-order valence-electron chi connectivity index (χ3n) is 6.28. The van der Waals surface area contributed by atoms with E-state index in [2.05, 4.69) is 15.4 Å². The highest BCUT2D eigenvalue weighted by atomic mass is 35.5. The molecule has 0 saturated heterocycles. The number of nitrogens with zero attached hydrogens (tertiary/aromatic N) is 3. The number of nitrogens with one attached hydrogen (secondary N) is 1. The van der Waals surface area contributed by atoms with Crippen molar-refractivity contribution in [2.24, 2.45) is 0 Å². The first-order chi connectivity index (χ1) is 16.4. The highest BCUT2D eigenvalue weighted by molar-refractivity contribution is 6.35. The second-order valence-corrected chi connectivity index (χ2v) is 8.94. The van der Waals surface area contributed by atoms with E-state index < -0.39 is 6.04 Å². The summed E-state index contributed by atoms with van der Waals surface area (Å²) in [5.74, 6) is 2.07. The molecule has 0 unspecified atom stereocenters. The predicted octanol–water partition coefficient (Wildman–Crippen LogP) is 5.03. The van der Waals surface area contributed by atoms with Gasteiger partial charge >= 0.3 is 0 Å². The van der Waals surface area contributed by atoms with E-state index >= 15 is 0 Å². The lowest BCUT2D eigenvalue weighted by Gasteiger charge is -2.35. The molecule has 10 heteroatoms. The Morgan fingerprint density at radius 2 is 1.76 bits per heavy atom. The quantitative estimate of drug-likeness (QED) is 0.525. The van der Waals surface area contributed by atoms with E-state index in [0.29, 0.717) is 51.7 Å². The molecular weight excluding hydrogens is 479 g/mol. The molecule has 0 fully saturated rings. The number of benzene rings is 2. The first-order valence-electron chi connectivity index (χ1n) is 10.6. The number of methoxy groups -OCH3 is 3. The maximum Gasteiger partial charge on any atom is 0.226 e. The van der Waals surface area contributed by atoms with Crippen molar-refractivity contribution in [1.29, 1.82) is 0 Å². The van der Waals surface area contributed by atoms with Crippen LogP contribution in [0.4, 0.5) is 5.95 Å². The van der Waals surface area contributed by atoms with Gasteiger partial charge in [0, 0.05) is 33.3 Å². The molecule has 34 heavy (non-hydrogen) atoms. The van der Waals surface area contributed by atoms with Crippen LogP contribution in [0.2, 0.25) is 10.0 Å². The molecule has 3 aromatic rings. The summed E-state index contributed by atoms with van der Waals surface area (Å²) in [4.78, 5) is 18.0. The van der Waals surface area contributed by atoms with Crippen LogP contribution in [0.3, 0.4) is 0 Å². The molecule has 2 atom stereocenters. The van der Waals surface area contributed by atoms with Crippen molar-refractivity contribution in [3.8, 4) is 17.2 Å². The average Bonchev–Trinajstić information content (AvgIpc) is 3.30. The van der Waals surface area contributed by atoms with E-state index in [9.17, 15) is 4.79 Å². The SMILES string of the molecule is COc1cc([C@H]2CC(=O)C3=C(C2)Nc2ncnn2[C@H]3c2ccc(Cl)cc2Cl)cc(OC)c1OC. The van der Waals surface area contributed by atoms with Crippen LogP contribution < -0.4 is 19.5 Å². The van der Waals surface area contributed by atoms with E-state index in [1.165, 1.54) is 6.33 Å². The molecule has 8 nitrogen and oxygen atoms in total. The molecule has 0 saturated carbocycles. The third-order valence-corrected chi connectivity index (χ3v) is 6.84. The van der Waals surface area contributed by atoms with Crippen molar-refractivity contribution in [3.05, 3.63) is 69.1 Å². The van der Waals surface area contributed by atoms with Crippen molar-refractivity contribution in [2.75, 3.05) is 26.6 Å². The average molecular weight is 501 g/mol. The number of hydrogen-bond donors (Lipinski definition) is 1. The zero-order valence-electron chi connectivity index (χ0n) is 18.8. The van der Waals surface area contributed by atoms with Gasteiger partial charge in [-0.15, -0.1) is 0 Å². The number of carbonyl (C=O) groups is 1. The second-order valence-electron chi connectivity index (χ2n) is 8.10. The summed E-state index contributed by atoms with van der Waals surface area (Å²) in [6.45, 7) is 0. The normalized spacial score (nSPS) is 19.3. The molecule has 176 valence electrons. The van der Waals surface area contributed by atoms with Gasteiger partial charge in [0.2, 0.25) is 11.7 Å². The van der Waals surface area contributed by atoms with Gasteiger partial charge in [0.15, 0.2) is 17.3 Å². The zero-order chi connectivity index (χ0) is 24.0. The predicted molar refractivity (Wildman–Crippen MR) is 128 cm³/mol. The Balaban J connectivity index is 1.59. The molecule has 1 aliphatic heterocycles. The monoisotopic (exact) mass is 500 g/mol. The van der Waals surface area contributed by atoms with E-state index in [1.54, 1.807) is 38.1 Å². The minimum absolute atomic E-state index is 0.00432. The maximum absolute atomic E-state index is 13.6. The Morgan fingerprint density at radius 3 is 2.41 bits per heavy atom. The summed E-state index contributed by atoms with van der Waals surface area (Å²) < 4.78 is 18.2. The number of ether oxygens (including phenoxy) is 3. The molecule has 2 heterocycles. The lowest BCUT2D eigenvalue weighted by atomic mass is 9.77. The number of fused-ring (bicyclic) bond motifs is 1. The van der Waals surface area contributed by atoms with Crippen LogP contribution in [0.15, 0.2) is 47.9 Å². The van der Waals surface area contributed by atoms with Crippen LogP contribution in [0.1, 0.15) is 35.9 Å². The largest absolute Gasteiger partial charge is 0.493 e. The first-order valence-corrected chi connectivity index (χ1v) is 11.4. The van der Waals surface area contributed by atoms with Crippen LogP contribution in [0.25, 0.3) is 0 Å². The lowest BCUT2D eigenvalue weighted by Crippen LogP contribution is -2.33. The van der Waals surface area contributed by atoms with Gasteiger partial charge in [-0.05, 0) is 42.2 Å². The van der Waals surface area contributed by atoms with Crippen LogP contribution in [0, 0.1) is 0 Å².